The van der Waals surface area contributed by atoms with Gasteiger partial charge in [0, 0.05) is 44.7 Å². The molecule has 1 aliphatic rings. The topological polar surface area (TPSA) is 127 Å². The zero-order valence-corrected chi connectivity index (χ0v) is 21.2. The zero-order chi connectivity index (χ0) is 26.3. The SMILES string of the molecule is CC(CCn1ccc(-c2ccc(OCCCN3CCOCC3)c(F)c2)cc1=O)(C(=O)NO)S(C)(=O)=O. The number of morpholine rings is 1. The molecule has 2 aromatic rings. The monoisotopic (exact) mass is 525 g/mol. The first-order chi connectivity index (χ1) is 17.0. The van der Waals surface area contributed by atoms with Crippen molar-refractivity contribution in [1.29, 1.82) is 0 Å². The van der Waals surface area contributed by atoms with Crippen molar-refractivity contribution in [3.8, 4) is 16.9 Å². The highest BCUT2D eigenvalue weighted by molar-refractivity contribution is 7.92. The number of aromatic nitrogens is 1. The number of sulfone groups is 1. The summed E-state index contributed by atoms with van der Waals surface area (Å²) in [5.41, 5.74) is 1.89. The minimum atomic E-state index is -3.88. The number of hydrogen-bond acceptors (Lipinski definition) is 8. The number of nitrogens with one attached hydrogen (secondary N) is 1. The Balaban J connectivity index is 1.62. The Bertz CT molecular complexity index is 1230. The number of amides is 1. The summed E-state index contributed by atoms with van der Waals surface area (Å²) >= 11 is 0. The molecule has 1 unspecified atom stereocenters. The van der Waals surface area contributed by atoms with Gasteiger partial charge in [-0.1, -0.05) is 6.07 Å². The van der Waals surface area contributed by atoms with Gasteiger partial charge in [-0.2, -0.15) is 0 Å². The van der Waals surface area contributed by atoms with E-state index in [1.54, 1.807) is 12.1 Å². The highest BCUT2D eigenvalue weighted by Gasteiger charge is 2.43. The summed E-state index contributed by atoms with van der Waals surface area (Å²) in [5.74, 6) is -1.48. The van der Waals surface area contributed by atoms with E-state index in [1.165, 1.54) is 41.4 Å². The molecule has 1 atom stereocenters. The largest absolute Gasteiger partial charge is 0.490 e. The number of carbonyl (C=O) groups is 1. The van der Waals surface area contributed by atoms with E-state index in [2.05, 4.69) is 4.90 Å². The lowest BCUT2D eigenvalue weighted by Gasteiger charge is -2.26. The predicted molar refractivity (Wildman–Crippen MR) is 131 cm³/mol. The van der Waals surface area contributed by atoms with Crippen LogP contribution in [0.25, 0.3) is 11.1 Å². The van der Waals surface area contributed by atoms with Gasteiger partial charge in [-0.3, -0.25) is 19.7 Å². The standard InChI is InChI=1S/C24H32FN3O7S/c1-24(23(30)26-31,36(2,32)33)7-10-28-9-6-19(17-22(28)29)18-4-5-21(20(25)16-18)35-13-3-8-27-11-14-34-15-12-27/h4-6,9,16-17,31H,3,7-8,10-15H2,1-2H3,(H,26,30). The van der Waals surface area contributed by atoms with Gasteiger partial charge in [-0.05, 0) is 49.1 Å². The number of hydroxylamine groups is 1. The molecule has 0 spiro atoms. The van der Waals surface area contributed by atoms with Crippen molar-refractivity contribution in [2.24, 2.45) is 0 Å². The van der Waals surface area contributed by atoms with Gasteiger partial charge in [0.05, 0.1) is 19.8 Å². The van der Waals surface area contributed by atoms with Crippen molar-refractivity contribution in [3.63, 3.8) is 0 Å². The molecule has 2 heterocycles. The van der Waals surface area contributed by atoms with Gasteiger partial charge in [0.25, 0.3) is 11.5 Å². The molecular formula is C24H32FN3O7S. The van der Waals surface area contributed by atoms with Crippen LogP contribution in [0.4, 0.5) is 4.39 Å². The van der Waals surface area contributed by atoms with Gasteiger partial charge < -0.3 is 14.0 Å². The van der Waals surface area contributed by atoms with Crippen molar-refractivity contribution >= 4 is 15.7 Å². The smallest absolute Gasteiger partial charge is 0.264 e. The number of hydrogen-bond donors (Lipinski definition) is 2. The molecule has 10 nitrogen and oxygen atoms in total. The molecule has 1 amide bonds. The molecule has 1 aromatic heterocycles. The second-order valence-electron chi connectivity index (χ2n) is 8.94. The van der Waals surface area contributed by atoms with Gasteiger partial charge in [-0.25, -0.2) is 18.3 Å². The molecule has 1 aliphatic heterocycles. The van der Waals surface area contributed by atoms with Gasteiger partial charge in [0.1, 0.15) is 0 Å². The molecule has 0 bridgehead atoms. The van der Waals surface area contributed by atoms with E-state index < -0.39 is 31.9 Å². The maximum absolute atomic E-state index is 14.6. The lowest BCUT2D eigenvalue weighted by atomic mass is 10.1. The van der Waals surface area contributed by atoms with Crippen molar-refractivity contribution in [3.05, 3.63) is 52.7 Å². The number of nitrogens with zero attached hydrogens (tertiary/aromatic N) is 2. The van der Waals surface area contributed by atoms with Crippen LogP contribution in [0.2, 0.25) is 0 Å². The first-order valence-electron chi connectivity index (χ1n) is 11.6. The van der Waals surface area contributed by atoms with Gasteiger partial charge in [-0.15, -0.1) is 0 Å². The summed E-state index contributed by atoms with van der Waals surface area (Å²) in [6.45, 7) is 5.56. The van der Waals surface area contributed by atoms with Crippen LogP contribution in [0, 0.1) is 5.82 Å². The van der Waals surface area contributed by atoms with Gasteiger partial charge in [0.15, 0.2) is 26.2 Å². The highest BCUT2D eigenvalue weighted by Crippen LogP contribution is 2.26. The first kappa shape index (κ1) is 27.8. The van der Waals surface area contributed by atoms with Crippen LogP contribution in [-0.4, -0.2) is 79.5 Å². The van der Waals surface area contributed by atoms with Crippen molar-refractivity contribution < 1.29 is 32.3 Å². The number of carbonyl (C=O) groups excluding carboxylic acids is 1. The molecule has 2 N–H and O–H groups in total. The maximum Gasteiger partial charge on any atom is 0.264 e. The van der Waals surface area contributed by atoms with Crippen LogP contribution in [-0.2, 0) is 25.9 Å². The van der Waals surface area contributed by atoms with E-state index in [0.29, 0.717) is 17.7 Å². The van der Waals surface area contributed by atoms with E-state index in [0.717, 1.165) is 45.5 Å². The molecule has 0 aliphatic carbocycles. The molecule has 1 aromatic carbocycles. The summed E-state index contributed by atoms with van der Waals surface area (Å²) in [7, 11) is -3.88. The Morgan fingerprint density at radius 3 is 2.50 bits per heavy atom. The van der Waals surface area contributed by atoms with Gasteiger partial charge >= 0.3 is 0 Å². The Kier molecular flexibility index (Phi) is 9.23. The normalized spacial score (nSPS) is 16.3. The summed E-state index contributed by atoms with van der Waals surface area (Å²) in [6, 6.07) is 7.38. The van der Waals surface area contributed by atoms with E-state index in [9.17, 15) is 22.4 Å². The highest BCUT2D eigenvalue weighted by atomic mass is 32.2. The average Bonchev–Trinajstić information content (AvgIpc) is 2.85. The molecule has 36 heavy (non-hydrogen) atoms. The van der Waals surface area contributed by atoms with E-state index in [1.807, 2.05) is 0 Å². The minimum Gasteiger partial charge on any atom is -0.490 e. The van der Waals surface area contributed by atoms with Crippen LogP contribution < -0.4 is 15.8 Å². The first-order valence-corrected chi connectivity index (χ1v) is 13.5. The zero-order valence-electron chi connectivity index (χ0n) is 20.4. The summed E-state index contributed by atoms with van der Waals surface area (Å²) < 4.78 is 49.1. The van der Waals surface area contributed by atoms with Crippen LogP contribution in [0.15, 0.2) is 41.3 Å². The fourth-order valence-electron chi connectivity index (χ4n) is 3.88. The van der Waals surface area contributed by atoms with Crippen molar-refractivity contribution in [1.82, 2.24) is 14.9 Å². The molecule has 1 fully saturated rings. The summed E-state index contributed by atoms with van der Waals surface area (Å²) in [5, 5.41) is 8.93. The third kappa shape index (κ3) is 6.69. The Morgan fingerprint density at radius 2 is 1.89 bits per heavy atom. The van der Waals surface area contributed by atoms with Crippen molar-refractivity contribution in [2.75, 3.05) is 45.7 Å². The van der Waals surface area contributed by atoms with E-state index >= 15 is 0 Å². The quantitative estimate of drug-likeness (QED) is 0.256. The molecule has 0 radical (unpaired) electrons. The van der Waals surface area contributed by atoms with Gasteiger partial charge in [0.2, 0.25) is 0 Å². The van der Waals surface area contributed by atoms with E-state index in [-0.39, 0.29) is 18.7 Å². The molecule has 12 heteroatoms. The molecule has 3 rings (SSSR count). The summed E-state index contributed by atoms with van der Waals surface area (Å²) in [4.78, 5) is 26.8. The fraction of sp³-hybridized carbons (Fsp3) is 0.500. The lowest BCUT2D eigenvalue weighted by molar-refractivity contribution is -0.131. The Labute approximate surface area is 209 Å². The number of rotatable bonds is 11. The number of benzene rings is 1. The van der Waals surface area contributed by atoms with Crippen LogP contribution in [0.5, 0.6) is 5.75 Å². The maximum atomic E-state index is 14.6. The van der Waals surface area contributed by atoms with E-state index in [4.69, 9.17) is 14.7 Å². The minimum absolute atomic E-state index is 0.0817. The fourth-order valence-corrected chi connectivity index (χ4v) is 4.73. The second kappa shape index (κ2) is 12.0. The number of pyridine rings is 1. The molecule has 1 saturated heterocycles. The predicted octanol–water partition coefficient (Wildman–Crippen LogP) is 1.45. The molecule has 0 saturated carbocycles. The van der Waals surface area contributed by atoms with Crippen molar-refractivity contribution in [2.45, 2.75) is 31.1 Å². The van der Waals surface area contributed by atoms with Crippen LogP contribution in [0.1, 0.15) is 19.8 Å². The Morgan fingerprint density at radius 1 is 1.19 bits per heavy atom. The summed E-state index contributed by atoms with van der Waals surface area (Å²) in [6.07, 6.45) is 2.87. The molecular weight excluding hydrogens is 493 g/mol. The average molecular weight is 526 g/mol. The van der Waals surface area contributed by atoms with Crippen LogP contribution >= 0.6 is 0 Å². The second-order valence-corrected chi connectivity index (χ2v) is 11.4. The lowest BCUT2D eigenvalue weighted by Crippen LogP contribution is -2.49. The molecule has 198 valence electrons. The third-order valence-corrected chi connectivity index (χ3v) is 8.50. The Hall–Kier alpha value is -2.80. The number of ether oxygens (including phenoxy) is 2. The van der Waals surface area contributed by atoms with Crippen LogP contribution in [0.3, 0.4) is 0 Å². The number of halogens is 1. The number of aryl methyl sites for hydroxylation is 1. The third-order valence-electron chi connectivity index (χ3n) is 6.47.